The van der Waals surface area contributed by atoms with Crippen LogP contribution in [0.25, 0.3) is 10.9 Å². The second kappa shape index (κ2) is 7.90. The molecule has 1 spiro atoms. The molecule has 2 N–H and O–H groups in total. The molecular formula is C24H23F3N4O2. The van der Waals surface area contributed by atoms with E-state index in [2.05, 4.69) is 15.5 Å². The molecule has 2 aromatic carbocycles. The number of hydrogen-bond acceptors (Lipinski definition) is 3. The van der Waals surface area contributed by atoms with Crippen LogP contribution < -0.4 is 5.32 Å². The quantitative estimate of drug-likeness (QED) is 0.598. The van der Waals surface area contributed by atoms with Gasteiger partial charge in [0.1, 0.15) is 0 Å². The Kier molecular flexibility index (Phi) is 5.14. The Balaban J connectivity index is 1.06. The van der Waals surface area contributed by atoms with Gasteiger partial charge in [-0.2, -0.15) is 18.3 Å². The third kappa shape index (κ3) is 4.31. The fourth-order valence-electron chi connectivity index (χ4n) is 5.11. The van der Waals surface area contributed by atoms with E-state index in [1.54, 1.807) is 4.90 Å². The van der Waals surface area contributed by atoms with Crippen molar-refractivity contribution < 1.29 is 22.8 Å². The number of nitrogens with one attached hydrogen (secondary N) is 2. The molecule has 0 bridgehead atoms. The lowest BCUT2D eigenvalue weighted by Crippen LogP contribution is -2.64. The smallest absolute Gasteiger partial charge is 0.341 e. The minimum Gasteiger partial charge on any atom is -0.341 e. The minimum atomic E-state index is -4.38. The van der Waals surface area contributed by atoms with Crippen molar-refractivity contribution in [1.82, 2.24) is 15.1 Å². The van der Waals surface area contributed by atoms with Crippen LogP contribution in [0.4, 0.5) is 19.0 Å². The fourth-order valence-corrected chi connectivity index (χ4v) is 5.11. The Morgan fingerprint density at radius 1 is 1.09 bits per heavy atom. The molecule has 33 heavy (non-hydrogen) atoms. The van der Waals surface area contributed by atoms with E-state index in [0.29, 0.717) is 30.9 Å². The molecule has 0 radical (unpaired) electrons. The summed E-state index contributed by atoms with van der Waals surface area (Å²) < 4.78 is 38.0. The molecule has 3 aromatic rings. The summed E-state index contributed by atoms with van der Waals surface area (Å²) in [6, 6.07) is 12.3. The number of aromatic nitrogens is 2. The zero-order chi connectivity index (χ0) is 23.2. The van der Waals surface area contributed by atoms with Gasteiger partial charge in [-0.15, -0.1) is 0 Å². The third-order valence-electron chi connectivity index (χ3n) is 6.69. The van der Waals surface area contributed by atoms with Crippen molar-refractivity contribution in [3.05, 3.63) is 59.7 Å². The van der Waals surface area contributed by atoms with E-state index in [4.69, 9.17) is 0 Å². The van der Waals surface area contributed by atoms with Gasteiger partial charge in [-0.3, -0.25) is 14.7 Å². The number of carbonyl (C=O) groups is 2. The highest BCUT2D eigenvalue weighted by molar-refractivity contribution is 5.99. The van der Waals surface area contributed by atoms with Gasteiger partial charge < -0.3 is 10.2 Å². The summed E-state index contributed by atoms with van der Waals surface area (Å²) in [4.78, 5) is 26.7. The number of alkyl halides is 3. The highest BCUT2D eigenvalue weighted by Gasteiger charge is 2.53. The molecule has 1 aliphatic heterocycles. The van der Waals surface area contributed by atoms with Gasteiger partial charge in [0.05, 0.1) is 17.5 Å². The number of hydrogen-bond donors (Lipinski definition) is 2. The number of rotatable bonds is 5. The maximum absolute atomic E-state index is 12.7. The average Bonchev–Trinajstić information content (AvgIpc) is 3.11. The SMILES string of the molecule is O=C(CC1CC2(C1)CN(C(=O)Cc1ccc(C(F)(F)F)cc1)C2)Nc1n[nH]c2ccccc12. The van der Waals surface area contributed by atoms with Crippen LogP contribution in [0.5, 0.6) is 0 Å². The number of fused-ring (bicyclic) bond motifs is 1. The molecule has 172 valence electrons. The predicted molar refractivity (Wildman–Crippen MR) is 116 cm³/mol. The number of likely N-dealkylation sites (tertiary alicyclic amines) is 1. The van der Waals surface area contributed by atoms with Crippen LogP contribution in [0, 0.1) is 11.3 Å². The van der Waals surface area contributed by atoms with Crippen LogP contribution >= 0.6 is 0 Å². The van der Waals surface area contributed by atoms with E-state index < -0.39 is 11.7 Å². The van der Waals surface area contributed by atoms with Crippen molar-refractivity contribution in [3.63, 3.8) is 0 Å². The fraction of sp³-hybridized carbons (Fsp3) is 0.375. The first-order valence-electron chi connectivity index (χ1n) is 10.9. The van der Waals surface area contributed by atoms with Crippen LogP contribution in [-0.4, -0.2) is 40.0 Å². The number of para-hydroxylation sites is 1. The second-order valence-electron chi connectivity index (χ2n) is 9.27. The van der Waals surface area contributed by atoms with Gasteiger partial charge in [-0.25, -0.2) is 0 Å². The summed E-state index contributed by atoms with van der Waals surface area (Å²) in [6.07, 6.45) is -2.08. The molecule has 2 aliphatic rings. The molecule has 0 unspecified atom stereocenters. The molecule has 1 saturated heterocycles. The Bertz CT molecular complexity index is 1190. The first kappa shape index (κ1) is 21.5. The Morgan fingerprint density at radius 3 is 2.48 bits per heavy atom. The van der Waals surface area contributed by atoms with E-state index in [0.717, 1.165) is 35.9 Å². The average molecular weight is 456 g/mol. The molecule has 1 aliphatic carbocycles. The molecule has 1 aromatic heterocycles. The van der Waals surface area contributed by atoms with E-state index in [-0.39, 0.29) is 29.6 Å². The third-order valence-corrected chi connectivity index (χ3v) is 6.69. The van der Waals surface area contributed by atoms with Crippen molar-refractivity contribution >= 4 is 28.5 Å². The molecule has 2 heterocycles. The van der Waals surface area contributed by atoms with Gasteiger partial charge in [0, 0.05) is 30.3 Å². The van der Waals surface area contributed by atoms with Crippen LogP contribution in [0.3, 0.4) is 0 Å². The normalized spacial score (nSPS) is 17.6. The van der Waals surface area contributed by atoms with Gasteiger partial charge in [0.25, 0.3) is 0 Å². The maximum Gasteiger partial charge on any atom is 0.416 e. The maximum atomic E-state index is 12.7. The molecule has 2 amide bonds. The summed E-state index contributed by atoms with van der Waals surface area (Å²) in [6.45, 7) is 1.29. The number of anilines is 1. The standard InChI is InChI=1S/C24H23F3N4O2/c25-24(26,27)17-7-5-15(6-8-17)10-21(33)31-13-23(14-31)11-16(12-23)9-20(32)28-22-18-3-1-2-4-19(18)29-30-22/h1-8,16H,9-14H2,(H2,28,29,30,32). The lowest BCUT2D eigenvalue weighted by Gasteiger charge is -2.59. The number of H-pyrrole nitrogens is 1. The first-order valence-corrected chi connectivity index (χ1v) is 10.9. The molecule has 1 saturated carbocycles. The highest BCUT2D eigenvalue weighted by atomic mass is 19.4. The number of amides is 2. The van der Waals surface area contributed by atoms with Crippen molar-refractivity contribution in [2.75, 3.05) is 18.4 Å². The van der Waals surface area contributed by atoms with E-state index in [1.165, 1.54) is 12.1 Å². The number of benzene rings is 2. The number of halogens is 3. The van der Waals surface area contributed by atoms with Crippen molar-refractivity contribution in [2.24, 2.45) is 11.3 Å². The number of nitrogens with zero attached hydrogens (tertiary/aromatic N) is 2. The Labute approximate surface area is 188 Å². The van der Waals surface area contributed by atoms with E-state index >= 15 is 0 Å². The van der Waals surface area contributed by atoms with Crippen LogP contribution in [-0.2, 0) is 22.2 Å². The van der Waals surface area contributed by atoms with Crippen LogP contribution in [0.2, 0.25) is 0 Å². The van der Waals surface area contributed by atoms with E-state index in [9.17, 15) is 22.8 Å². The largest absolute Gasteiger partial charge is 0.416 e. The summed E-state index contributed by atoms with van der Waals surface area (Å²) in [5, 5.41) is 10.8. The Hall–Kier alpha value is -3.36. The second-order valence-corrected chi connectivity index (χ2v) is 9.27. The minimum absolute atomic E-state index is 0.0679. The van der Waals surface area contributed by atoms with Crippen LogP contribution in [0.1, 0.15) is 30.4 Å². The lowest BCUT2D eigenvalue weighted by atomic mass is 9.57. The summed E-state index contributed by atoms with van der Waals surface area (Å²) in [5.41, 5.74) is 0.806. The van der Waals surface area contributed by atoms with E-state index in [1.807, 2.05) is 24.3 Å². The van der Waals surface area contributed by atoms with Gasteiger partial charge in [-0.05, 0) is 48.6 Å². The number of aromatic amines is 1. The monoisotopic (exact) mass is 456 g/mol. The lowest BCUT2D eigenvalue weighted by molar-refractivity contribution is -0.155. The molecule has 2 fully saturated rings. The predicted octanol–water partition coefficient (Wildman–Crippen LogP) is 4.39. The molecule has 5 rings (SSSR count). The topological polar surface area (TPSA) is 78.1 Å². The highest BCUT2D eigenvalue weighted by Crippen LogP contribution is 2.53. The summed E-state index contributed by atoms with van der Waals surface area (Å²) >= 11 is 0. The summed E-state index contributed by atoms with van der Waals surface area (Å²) in [5.74, 6) is 0.671. The molecule has 6 nitrogen and oxygen atoms in total. The molecular weight excluding hydrogens is 433 g/mol. The van der Waals surface area contributed by atoms with Gasteiger partial charge in [0.2, 0.25) is 11.8 Å². The van der Waals surface area contributed by atoms with Crippen LogP contribution in [0.15, 0.2) is 48.5 Å². The number of carbonyl (C=O) groups excluding carboxylic acids is 2. The molecule has 0 atom stereocenters. The first-order chi connectivity index (χ1) is 15.7. The van der Waals surface area contributed by atoms with Crippen molar-refractivity contribution in [2.45, 2.75) is 31.9 Å². The molecule has 9 heteroatoms. The van der Waals surface area contributed by atoms with Crippen molar-refractivity contribution in [1.29, 1.82) is 0 Å². The summed E-state index contributed by atoms with van der Waals surface area (Å²) in [7, 11) is 0. The van der Waals surface area contributed by atoms with Gasteiger partial charge in [-0.1, -0.05) is 24.3 Å². The Morgan fingerprint density at radius 2 is 1.79 bits per heavy atom. The van der Waals surface area contributed by atoms with Crippen molar-refractivity contribution in [3.8, 4) is 0 Å². The zero-order valence-electron chi connectivity index (χ0n) is 17.8. The van der Waals surface area contributed by atoms with Gasteiger partial charge in [0.15, 0.2) is 5.82 Å². The zero-order valence-corrected chi connectivity index (χ0v) is 17.8. The van der Waals surface area contributed by atoms with Gasteiger partial charge >= 0.3 is 6.18 Å².